The van der Waals surface area contributed by atoms with Gasteiger partial charge in [0.1, 0.15) is 4.90 Å². The number of hydrogen-bond donors (Lipinski definition) is 1. The van der Waals surface area contributed by atoms with E-state index < -0.39 is 10.0 Å². The monoisotopic (exact) mass is 381 g/mol. The first kappa shape index (κ1) is 19.3. The molecule has 144 valence electrons. The van der Waals surface area contributed by atoms with Gasteiger partial charge in [-0.25, -0.2) is 8.42 Å². The van der Waals surface area contributed by atoms with Gasteiger partial charge in [0, 0.05) is 45.6 Å². The highest BCUT2D eigenvalue weighted by Crippen LogP contribution is 2.39. The van der Waals surface area contributed by atoms with Crippen LogP contribution in [0.25, 0.3) is 0 Å². The van der Waals surface area contributed by atoms with E-state index >= 15 is 0 Å². The summed E-state index contributed by atoms with van der Waals surface area (Å²) in [4.78, 5) is 15.2. The number of rotatable bonds is 5. The van der Waals surface area contributed by atoms with E-state index in [4.69, 9.17) is 4.74 Å². The van der Waals surface area contributed by atoms with Crippen molar-refractivity contribution in [2.75, 3.05) is 26.2 Å². The summed E-state index contributed by atoms with van der Waals surface area (Å²) in [5.41, 5.74) is -0.222. The first-order valence-corrected chi connectivity index (χ1v) is 10.6. The molecule has 0 aliphatic carbocycles. The molecule has 1 amide bonds. The zero-order chi connectivity index (χ0) is 18.6. The Labute approximate surface area is 155 Å². The van der Waals surface area contributed by atoms with Crippen LogP contribution in [-0.2, 0) is 19.6 Å². The minimum Gasteiger partial charge on any atom is -0.375 e. The van der Waals surface area contributed by atoms with Crippen molar-refractivity contribution in [3.8, 4) is 0 Å². The summed E-state index contributed by atoms with van der Waals surface area (Å²) in [6.45, 7) is 3.87. The number of pyridine rings is 1. The number of nitrogens with one attached hydrogen (secondary N) is 1. The molecular formula is C18H27N3O4S. The lowest BCUT2D eigenvalue weighted by Crippen LogP contribution is -2.50. The van der Waals surface area contributed by atoms with E-state index in [9.17, 15) is 13.2 Å². The van der Waals surface area contributed by atoms with Crippen molar-refractivity contribution in [3.05, 3.63) is 24.5 Å². The molecule has 0 radical (unpaired) electrons. The van der Waals surface area contributed by atoms with Crippen molar-refractivity contribution in [1.82, 2.24) is 14.6 Å². The Morgan fingerprint density at radius 2 is 2.19 bits per heavy atom. The molecule has 2 aliphatic heterocycles. The minimum absolute atomic E-state index is 0.000638. The van der Waals surface area contributed by atoms with Gasteiger partial charge in [-0.15, -0.1) is 0 Å². The van der Waals surface area contributed by atoms with E-state index in [1.165, 1.54) is 13.1 Å². The molecule has 1 atom stereocenters. The maximum Gasteiger partial charge on any atom is 0.244 e. The summed E-state index contributed by atoms with van der Waals surface area (Å²) < 4.78 is 33.1. The molecule has 2 aliphatic rings. The van der Waals surface area contributed by atoms with Crippen molar-refractivity contribution in [2.45, 2.75) is 49.5 Å². The summed E-state index contributed by atoms with van der Waals surface area (Å²) >= 11 is 0. The third-order valence-corrected chi connectivity index (χ3v) is 7.31. The fraction of sp³-hybridized carbons (Fsp3) is 0.667. The average Bonchev–Trinajstić information content (AvgIpc) is 2.63. The largest absolute Gasteiger partial charge is 0.375 e. The van der Waals surface area contributed by atoms with Crippen LogP contribution in [0.1, 0.15) is 39.0 Å². The van der Waals surface area contributed by atoms with E-state index in [0.717, 1.165) is 19.3 Å². The molecule has 7 nitrogen and oxygen atoms in total. The van der Waals surface area contributed by atoms with Crippen LogP contribution in [-0.4, -0.2) is 55.5 Å². The average molecular weight is 381 g/mol. The van der Waals surface area contributed by atoms with Gasteiger partial charge in [0.2, 0.25) is 15.9 Å². The van der Waals surface area contributed by atoms with Crippen molar-refractivity contribution < 1.29 is 17.9 Å². The van der Waals surface area contributed by atoms with Gasteiger partial charge in [0.25, 0.3) is 0 Å². The zero-order valence-electron chi connectivity index (χ0n) is 15.2. The first-order chi connectivity index (χ1) is 12.4. The highest BCUT2D eigenvalue weighted by Gasteiger charge is 2.42. The predicted octanol–water partition coefficient (Wildman–Crippen LogP) is 1.56. The molecular weight excluding hydrogens is 354 g/mol. The second-order valence-electron chi connectivity index (χ2n) is 7.25. The molecule has 1 unspecified atom stereocenters. The summed E-state index contributed by atoms with van der Waals surface area (Å²) in [6.07, 6.45) is 7.27. The Balaban J connectivity index is 1.58. The number of piperidine rings is 1. The molecule has 1 aromatic heterocycles. The maximum absolute atomic E-state index is 12.7. The Hall–Kier alpha value is -1.51. The van der Waals surface area contributed by atoms with Crippen LogP contribution in [0, 0.1) is 5.92 Å². The van der Waals surface area contributed by atoms with Crippen LogP contribution < -0.4 is 5.32 Å². The molecule has 26 heavy (non-hydrogen) atoms. The fourth-order valence-electron chi connectivity index (χ4n) is 3.96. The van der Waals surface area contributed by atoms with Crippen LogP contribution in [0.2, 0.25) is 0 Å². The summed E-state index contributed by atoms with van der Waals surface area (Å²) in [5.74, 6) is 0.512. The molecule has 0 aromatic carbocycles. The van der Waals surface area contributed by atoms with Crippen molar-refractivity contribution in [2.24, 2.45) is 5.92 Å². The smallest absolute Gasteiger partial charge is 0.244 e. The molecule has 3 rings (SSSR count). The van der Waals surface area contributed by atoms with Gasteiger partial charge in [0.15, 0.2) is 0 Å². The molecule has 2 fully saturated rings. The number of ether oxygens (including phenoxy) is 1. The summed E-state index contributed by atoms with van der Waals surface area (Å²) in [6, 6.07) is 3.23. The van der Waals surface area contributed by atoms with E-state index in [1.807, 2.05) is 0 Å². The molecule has 2 saturated heterocycles. The third kappa shape index (κ3) is 4.42. The van der Waals surface area contributed by atoms with Crippen LogP contribution in [0.5, 0.6) is 0 Å². The molecule has 0 bridgehead atoms. The van der Waals surface area contributed by atoms with Crippen molar-refractivity contribution in [1.29, 1.82) is 0 Å². The Morgan fingerprint density at radius 1 is 1.42 bits per heavy atom. The number of nitrogens with zero attached hydrogens (tertiary/aromatic N) is 2. The number of carbonyl (C=O) groups excluding carboxylic acids is 1. The number of amides is 1. The number of sulfonamides is 1. The molecule has 8 heteroatoms. The Kier molecular flexibility index (Phi) is 5.94. The van der Waals surface area contributed by atoms with E-state index in [1.54, 1.807) is 22.6 Å². The second kappa shape index (κ2) is 8.02. The van der Waals surface area contributed by atoms with Gasteiger partial charge in [0.05, 0.1) is 5.60 Å². The normalized spacial score (nSPS) is 23.7. The highest BCUT2D eigenvalue weighted by molar-refractivity contribution is 7.89. The van der Waals surface area contributed by atoms with Gasteiger partial charge in [-0.3, -0.25) is 9.78 Å². The molecule has 3 heterocycles. The Morgan fingerprint density at radius 3 is 2.85 bits per heavy atom. The lowest BCUT2D eigenvalue weighted by Gasteiger charge is -2.46. The van der Waals surface area contributed by atoms with Crippen LogP contribution in [0.3, 0.4) is 0 Å². The third-order valence-electron chi connectivity index (χ3n) is 5.43. The van der Waals surface area contributed by atoms with Crippen molar-refractivity contribution >= 4 is 15.9 Å². The van der Waals surface area contributed by atoms with Crippen molar-refractivity contribution in [3.63, 3.8) is 0 Å². The maximum atomic E-state index is 12.7. The molecule has 1 N–H and O–H groups in total. The Bertz CT molecular complexity index is 715. The van der Waals surface area contributed by atoms with Crippen LogP contribution in [0.15, 0.2) is 29.4 Å². The number of aromatic nitrogens is 1. The summed E-state index contributed by atoms with van der Waals surface area (Å²) in [5, 5.41) is 2.86. The van der Waals surface area contributed by atoms with E-state index in [2.05, 4.69) is 10.3 Å². The molecule has 1 aromatic rings. The summed E-state index contributed by atoms with van der Waals surface area (Å²) in [7, 11) is -3.49. The topological polar surface area (TPSA) is 88.6 Å². The van der Waals surface area contributed by atoms with E-state index in [-0.39, 0.29) is 16.4 Å². The fourth-order valence-corrected chi connectivity index (χ4v) is 5.37. The van der Waals surface area contributed by atoms with Gasteiger partial charge < -0.3 is 10.1 Å². The standard InChI is InChI=1S/C18H27N3O4S/c1-15(22)20-9-4-16-5-12-25-18(13-16)6-10-21(11-7-18)26(23,24)17-3-2-8-19-14-17/h2-3,8,14,16H,4-7,9-13H2,1H3,(H,20,22). The predicted molar refractivity (Wildman–Crippen MR) is 96.9 cm³/mol. The van der Waals surface area contributed by atoms with E-state index in [0.29, 0.717) is 45.0 Å². The van der Waals surface area contributed by atoms with Crippen LogP contribution >= 0.6 is 0 Å². The zero-order valence-corrected chi connectivity index (χ0v) is 16.0. The first-order valence-electron chi connectivity index (χ1n) is 9.20. The number of carbonyl (C=O) groups is 1. The highest BCUT2D eigenvalue weighted by atomic mass is 32.2. The molecule has 1 spiro atoms. The van der Waals surface area contributed by atoms with Gasteiger partial charge in [-0.2, -0.15) is 4.31 Å². The van der Waals surface area contributed by atoms with Gasteiger partial charge in [-0.05, 0) is 50.2 Å². The molecule has 0 saturated carbocycles. The number of hydrogen-bond acceptors (Lipinski definition) is 5. The quantitative estimate of drug-likeness (QED) is 0.836. The lowest BCUT2D eigenvalue weighted by atomic mass is 9.79. The SMILES string of the molecule is CC(=O)NCCC1CCOC2(CCN(S(=O)(=O)c3cccnc3)CC2)C1. The lowest BCUT2D eigenvalue weighted by molar-refractivity contribution is -0.122. The van der Waals surface area contributed by atoms with Gasteiger partial charge >= 0.3 is 0 Å². The second-order valence-corrected chi connectivity index (χ2v) is 9.19. The van der Waals surface area contributed by atoms with Crippen LogP contribution in [0.4, 0.5) is 0 Å². The minimum atomic E-state index is -3.49. The van der Waals surface area contributed by atoms with Gasteiger partial charge in [-0.1, -0.05) is 0 Å².